The average Bonchev–Trinajstić information content (AvgIpc) is 3.06. The van der Waals surface area contributed by atoms with Gasteiger partial charge in [0.2, 0.25) is 11.8 Å². The van der Waals surface area contributed by atoms with Crippen molar-refractivity contribution in [3.63, 3.8) is 0 Å². The molecule has 2 aromatic rings. The normalized spacial score (nSPS) is 10.9. The third kappa shape index (κ3) is 5.37. The van der Waals surface area contributed by atoms with Crippen molar-refractivity contribution >= 4 is 34.0 Å². The fourth-order valence-electron chi connectivity index (χ4n) is 2.82. The average molecular weight is 389 g/mol. The van der Waals surface area contributed by atoms with Gasteiger partial charge in [0.25, 0.3) is 0 Å². The Hall–Kier alpha value is -2.25. The minimum atomic E-state index is -0.0701. The van der Waals surface area contributed by atoms with E-state index in [4.69, 9.17) is 0 Å². The fraction of sp³-hybridized carbons (Fsp3) is 0.450. The van der Waals surface area contributed by atoms with Crippen LogP contribution in [0.15, 0.2) is 23.6 Å². The van der Waals surface area contributed by atoms with Crippen LogP contribution in [0.25, 0.3) is 0 Å². The molecule has 0 aliphatic rings. The summed E-state index contributed by atoms with van der Waals surface area (Å²) in [5.41, 5.74) is 3.92. The van der Waals surface area contributed by atoms with Gasteiger partial charge in [-0.05, 0) is 44.5 Å². The molecule has 0 atom stereocenters. The summed E-state index contributed by atoms with van der Waals surface area (Å²) in [6.45, 7) is 11.8. The second-order valence-corrected chi connectivity index (χ2v) is 7.29. The molecule has 0 unspecified atom stereocenters. The summed E-state index contributed by atoms with van der Waals surface area (Å²) in [6.07, 6.45) is 0. The van der Waals surface area contributed by atoms with Crippen LogP contribution in [-0.2, 0) is 16.1 Å². The lowest BCUT2D eigenvalue weighted by atomic mass is 10.1. The maximum Gasteiger partial charge on any atom is 0.234 e. The van der Waals surface area contributed by atoms with Gasteiger partial charge < -0.3 is 5.32 Å². The monoisotopic (exact) mass is 388 g/mol. The van der Waals surface area contributed by atoms with Crippen molar-refractivity contribution in [2.75, 3.05) is 24.5 Å². The molecule has 0 bridgehead atoms. The van der Waals surface area contributed by atoms with E-state index in [0.717, 1.165) is 29.1 Å². The molecular formula is C20H28N4O2S. The van der Waals surface area contributed by atoms with E-state index in [1.54, 1.807) is 11.8 Å². The highest BCUT2D eigenvalue weighted by Gasteiger charge is 2.21. The number of aromatic nitrogens is 1. The Morgan fingerprint density at radius 1 is 1.22 bits per heavy atom. The maximum absolute atomic E-state index is 12.3. The summed E-state index contributed by atoms with van der Waals surface area (Å²) >= 11 is 1.44. The van der Waals surface area contributed by atoms with Crippen molar-refractivity contribution < 1.29 is 9.59 Å². The number of hydrogen-bond acceptors (Lipinski definition) is 5. The molecule has 0 radical (unpaired) electrons. The first-order chi connectivity index (χ1) is 12.9. The summed E-state index contributed by atoms with van der Waals surface area (Å²) in [6, 6.07) is 5.93. The highest BCUT2D eigenvalue weighted by atomic mass is 32.1. The van der Waals surface area contributed by atoms with Gasteiger partial charge in [0.05, 0.1) is 17.9 Å². The zero-order chi connectivity index (χ0) is 20.0. The number of aryl methyl sites for hydroxylation is 1. The smallest absolute Gasteiger partial charge is 0.234 e. The van der Waals surface area contributed by atoms with Crippen LogP contribution >= 0.6 is 11.3 Å². The second-order valence-electron chi connectivity index (χ2n) is 6.45. The molecule has 0 saturated heterocycles. The van der Waals surface area contributed by atoms with Crippen LogP contribution in [0.5, 0.6) is 0 Å². The van der Waals surface area contributed by atoms with Crippen LogP contribution in [0, 0.1) is 13.8 Å². The van der Waals surface area contributed by atoms with Gasteiger partial charge >= 0.3 is 0 Å². The van der Waals surface area contributed by atoms with Crippen molar-refractivity contribution in [3.05, 3.63) is 40.4 Å². The maximum atomic E-state index is 12.3. The Kier molecular flexibility index (Phi) is 7.50. The number of nitrogens with one attached hydrogen (secondary N) is 1. The lowest BCUT2D eigenvalue weighted by Gasteiger charge is -2.21. The Bertz CT molecular complexity index is 803. The van der Waals surface area contributed by atoms with Crippen LogP contribution < -0.4 is 10.2 Å². The highest BCUT2D eigenvalue weighted by Crippen LogP contribution is 2.32. The van der Waals surface area contributed by atoms with Crippen molar-refractivity contribution in [1.29, 1.82) is 0 Å². The molecule has 1 N–H and O–H groups in total. The van der Waals surface area contributed by atoms with E-state index in [1.807, 2.05) is 56.2 Å². The molecule has 2 rings (SSSR count). The van der Waals surface area contributed by atoms with Crippen molar-refractivity contribution in [2.24, 2.45) is 0 Å². The first kappa shape index (κ1) is 21.1. The van der Waals surface area contributed by atoms with E-state index in [1.165, 1.54) is 11.3 Å². The number of benzene rings is 1. The van der Waals surface area contributed by atoms with Crippen molar-refractivity contribution in [1.82, 2.24) is 15.2 Å². The topological polar surface area (TPSA) is 65.5 Å². The predicted octanol–water partition coefficient (Wildman–Crippen LogP) is 3.40. The minimum absolute atomic E-state index is 0.00977. The van der Waals surface area contributed by atoms with Gasteiger partial charge in [-0.25, -0.2) is 4.98 Å². The molecule has 0 aliphatic heterocycles. The Morgan fingerprint density at radius 3 is 2.59 bits per heavy atom. The molecule has 1 heterocycles. The lowest BCUT2D eigenvalue weighted by molar-refractivity contribution is -0.122. The van der Waals surface area contributed by atoms with E-state index in [2.05, 4.69) is 10.3 Å². The summed E-state index contributed by atoms with van der Waals surface area (Å²) in [5.74, 6) is -0.0603. The number of rotatable bonds is 8. The van der Waals surface area contributed by atoms with E-state index in [-0.39, 0.29) is 11.8 Å². The second kappa shape index (κ2) is 9.62. The molecular weight excluding hydrogens is 360 g/mol. The molecule has 0 aliphatic carbocycles. The van der Waals surface area contributed by atoms with Gasteiger partial charge in [-0.3, -0.25) is 19.4 Å². The molecule has 27 heavy (non-hydrogen) atoms. The molecule has 146 valence electrons. The molecule has 0 spiro atoms. The summed E-state index contributed by atoms with van der Waals surface area (Å²) < 4.78 is 0. The molecule has 0 saturated carbocycles. The first-order valence-corrected chi connectivity index (χ1v) is 10.1. The van der Waals surface area contributed by atoms with Crippen LogP contribution in [0.4, 0.5) is 10.8 Å². The standard InChI is InChI=1S/C20H28N4O2S/c1-6-21-19(26)12-23(7-2)11-17-13-27-20(22-17)24(16(5)25)18-10-8-9-14(3)15(18)4/h8-10,13H,6-7,11-12H2,1-5H3,(H,21,26). The van der Waals surface area contributed by atoms with Gasteiger partial charge in [-0.2, -0.15) is 0 Å². The molecule has 6 nitrogen and oxygen atoms in total. The molecule has 2 amide bonds. The van der Waals surface area contributed by atoms with E-state index < -0.39 is 0 Å². The summed E-state index contributed by atoms with van der Waals surface area (Å²) in [7, 11) is 0. The number of anilines is 2. The minimum Gasteiger partial charge on any atom is -0.355 e. The van der Waals surface area contributed by atoms with Gasteiger partial charge in [-0.1, -0.05) is 19.1 Å². The van der Waals surface area contributed by atoms with Crippen LogP contribution in [0.1, 0.15) is 37.6 Å². The van der Waals surface area contributed by atoms with Crippen molar-refractivity contribution in [2.45, 2.75) is 41.2 Å². The van der Waals surface area contributed by atoms with Gasteiger partial charge in [0, 0.05) is 25.4 Å². The number of nitrogens with zero attached hydrogens (tertiary/aromatic N) is 3. The molecule has 7 heteroatoms. The van der Waals surface area contributed by atoms with E-state index in [9.17, 15) is 9.59 Å². The van der Waals surface area contributed by atoms with E-state index in [0.29, 0.717) is 24.8 Å². The predicted molar refractivity (Wildman–Crippen MR) is 110 cm³/mol. The largest absolute Gasteiger partial charge is 0.355 e. The number of carbonyl (C=O) groups is 2. The van der Waals surface area contributed by atoms with Crippen molar-refractivity contribution in [3.8, 4) is 0 Å². The van der Waals surface area contributed by atoms with Gasteiger partial charge in [0.15, 0.2) is 5.13 Å². The van der Waals surface area contributed by atoms with Crippen LogP contribution in [0.2, 0.25) is 0 Å². The lowest BCUT2D eigenvalue weighted by Crippen LogP contribution is -2.36. The zero-order valence-corrected chi connectivity index (χ0v) is 17.5. The molecule has 1 aromatic heterocycles. The number of hydrogen-bond donors (Lipinski definition) is 1. The Balaban J connectivity index is 2.22. The highest BCUT2D eigenvalue weighted by molar-refractivity contribution is 7.14. The number of carbonyl (C=O) groups excluding carboxylic acids is 2. The van der Waals surface area contributed by atoms with Gasteiger partial charge in [0.1, 0.15) is 0 Å². The number of amides is 2. The Labute approximate surface area is 165 Å². The summed E-state index contributed by atoms with van der Waals surface area (Å²) in [5, 5.41) is 5.42. The van der Waals surface area contributed by atoms with Gasteiger partial charge in [-0.15, -0.1) is 11.3 Å². The summed E-state index contributed by atoms with van der Waals surface area (Å²) in [4.78, 5) is 32.5. The third-order valence-electron chi connectivity index (χ3n) is 4.44. The zero-order valence-electron chi connectivity index (χ0n) is 16.7. The quantitative estimate of drug-likeness (QED) is 0.753. The Morgan fingerprint density at radius 2 is 1.96 bits per heavy atom. The SMILES string of the molecule is CCNC(=O)CN(CC)Cc1csc(N(C(C)=O)c2cccc(C)c2C)n1. The first-order valence-electron chi connectivity index (χ1n) is 9.17. The fourth-order valence-corrected chi connectivity index (χ4v) is 3.69. The number of thiazole rings is 1. The van der Waals surface area contributed by atoms with E-state index >= 15 is 0 Å². The van der Waals surface area contributed by atoms with Crippen LogP contribution in [-0.4, -0.2) is 41.3 Å². The molecule has 1 aromatic carbocycles. The third-order valence-corrected chi connectivity index (χ3v) is 5.31. The van der Waals surface area contributed by atoms with Crippen LogP contribution in [0.3, 0.4) is 0 Å². The number of likely N-dealkylation sites (N-methyl/N-ethyl adjacent to an activating group) is 2. The molecule has 0 fully saturated rings.